The molecule has 0 N–H and O–H groups in total. The number of hydrogen-bond donors (Lipinski definition) is 0. The van der Waals surface area contributed by atoms with Gasteiger partial charge in [-0.1, -0.05) is 18.2 Å². The van der Waals surface area contributed by atoms with Crippen LogP contribution in [0, 0.1) is 11.3 Å². The van der Waals surface area contributed by atoms with Gasteiger partial charge >= 0.3 is 0 Å². The summed E-state index contributed by atoms with van der Waals surface area (Å²) < 4.78 is 11.0. The first-order chi connectivity index (χ1) is 8.38. The number of furan rings is 1. The van der Waals surface area contributed by atoms with Crippen LogP contribution in [0.5, 0.6) is 5.75 Å². The third kappa shape index (κ3) is 1.60. The molecule has 3 nitrogen and oxygen atoms in total. The Hall–Kier alpha value is -2.47. The summed E-state index contributed by atoms with van der Waals surface area (Å²) in [5, 5.41) is 10.5. The lowest BCUT2D eigenvalue weighted by Crippen LogP contribution is -1.92. The minimum absolute atomic E-state index is 0.0568. The smallest absolute Gasteiger partial charge is 0.174 e. The van der Waals surface area contributed by atoms with Gasteiger partial charge in [0.1, 0.15) is 23.0 Å². The summed E-state index contributed by atoms with van der Waals surface area (Å²) in [6.45, 7) is 0.0568. The van der Waals surface area contributed by atoms with Gasteiger partial charge in [0.2, 0.25) is 0 Å². The quantitative estimate of drug-likeness (QED) is 0.668. The molecular weight excluding hydrogens is 214 g/mol. The zero-order valence-electron chi connectivity index (χ0n) is 9.01. The average molecular weight is 223 g/mol. The van der Waals surface area contributed by atoms with Crippen molar-refractivity contribution in [2.24, 2.45) is 0 Å². The van der Waals surface area contributed by atoms with Crippen molar-refractivity contribution in [2.45, 2.75) is 0 Å². The second kappa shape index (κ2) is 3.84. The number of fused-ring (bicyclic) bond motifs is 3. The van der Waals surface area contributed by atoms with E-state index in [1.54, 1.807) is 0 Å². The van der Waals surface area contributed by atoms with Crippen LogP contribution in [0.3, 0.4) is 0 Å². The standard InChI is InChI=1S/C14H9NO2/c15-7-8-16-10-5-6-14-12(9-10)11-3-1-2-4-13(11)17-14/h1-6,9H,8H2. The zero-order chi connectivity index (χ0) is 11.7. The Balaban J connectivity index is 2.20. The summed E-state index contributed by atoms with van der Waals surface area (Å²) in [6.07, 6.45) is 0. The van der Waals surface area contributed by atoms with Crippen LogP contribution >= 0.6 is 0 Å². The molecule has 0 atom stereocenters. The third-order valence-electron chi connectivity index (χ3n) is 2.65. The minimum atomic E-state index is 0.0568. The van der Waals surface area contributed by atoms with E-state index < -0.39 is 0 Å². The van der Waals surface area contributed by atoms with E-state index in [0.29, 0.717) is 5.75 Å². The topological polar surface area (TPSA) is 46.2 Å². The molecule has 0 bridgehead atoms. The van der Waals surface area contributed by atoms with Gasteiger partial charge in [-0.3, -0.25) is 0 Å². The first-order valence-electron chi connectivity index (χ1n) is 5.29. The number of benzene rings is 2. The van der Waals surface area contributed by atoms with Crippen LogP contribution in [0.2, 0.25) is 0 Å². The third-order valence-corrected chi connectivity index (χ3v) is 2.65. The molecule has 0 spiro atoms. The van der Waals surface area contributed by atoms with Crippen molar-refractivity contribution < 1.29 is 9.15 Å². The summed E-state index contributed by atoms with van der Waals surface area (Å²) in [7, 11) is 0. The number of rotatable bonds is 2. The van der Waals surface area contributed by atoms with E-state index in [-0.39, 0.29) is 6.61 Å². The highest BCUT2D eigenvalue weighted by atomic mass is 16.5. The van der Waals surface area contributed by atoms with E-state index in [0.717, 1.165) is 21.9 Å². The van der Waals surface area contributed by atoms with Crippen molar-refractivity contribution in [1.82, 2.24) is 0 Å². The summed E-state index contributed by atoms with van der Waals surface area (Å²) in [4.78, 5) is 0. The molecule has 0 saturated heterocycles. The van der Waals surface area contributed by atoms with E-state index in [1.165, 1.54) is 0 Å². The predicted octanol–water partition coefficient (Wildman–Crippen LogP) is 3.49. The maximum absolute atomic E-state index is 8.48. The van der Waals surface area contributed by atoms with Gasteiger partial charge < -0.3 is 9.15 Å². The monoisotopic (exact) mass is 223 g/mol. The maximum atomic E-state index is 8.48. The Labute approximate surface area is 97.8 Å². The Kier molecular flexibility index (Phi) is 2.20. The molecule has 3 aromatic rings. The second-order valence-electron chi connectivity index (χ2n) is 3.70. The molecule has 0 aliphatic heterocycles. The fourth-order valence-corrected chi connectivity index (χ4v) is 1.91. The summed E-state index contributed by atoms with van der Waals surface area (Å²) >= 11 is 0. The van der Waals surface area contributed by atoms with Crippen molar-refractivity contribution in [3.8, 4) is 11.8 Å². The van der Waals surface area contributed by atoms with Crippen LogP contribution < -0.4 is 4.74 Å². The largest absolute Gasteiger partial charge is 0.479 e. The molecule has 0 amide bonds. The SMILES string of the molecule is N#CCOc1ccc2oc3ccccc3c2c1. The minimum Gasteiger partial charge on any atom is -0.479 e. The molecule has 0 aliphatic rings. The lowest BCUT2D eigenvalue weighted by molar-refractivity contribution is 0.368. The number of nitrogens with zero attached hydrogens (tertiary/aromatic N) is 1. The van der Waals surface area contributed by atoms with Crippen LogP contribution in [-0.2, 0) is 0 Å². The van der Waals surface area contributed by atoms with Gasteiger partial charge in [0.05, 0.1) is 0 Å². The van der Waals surface area contributed by atoms with Gasteiger partial charge in [0, 0.05) is 10.8 Å². The molecule has 0 saturated carbocycles. The highest BCUT2D eigenvalue weighted by Crippen LogP contribution is 2.31. The van der Waals surface area contributed by atoms with Gasteiger partial charge in [-0.25, -0.2) is 0 Å². The first kappa shape index (κ1) is 9.73. The second-order valence-corrected chi connectivity index (χ2v) is 3.70. The van der Waals surface area contributed by atoms with E-state index in [2.05, 4.69) is 0 Å². The molecular formula is C14H9NO2. The molecule has 0 fully saturated rings. The molecule has 3 heteroatoms. The molecule has 0 radical (unpaired) electrons. The Morgan fingerprint density at radius 2 is 1.88 bits per heavy atom. The van der Waals surface area contributed by atoms with E-state index in [1.807, 2.05) is 48.5 Å². The fraction of sp³-hybridized carbons (Fsp3) is 0.0714. The van der Waals surface area contributed by atoms with E-state index >= 15 is 0 Å². The number of hydrogen-bond acceptors (Lipinski definition) is 3. The summed E-state index contributed by atoms with van der Waals surface area (Å²) in [6, 6.07) is 15.4. The fourth-order valence-electron chi connectivity index (χ4n) is 1.91. The zero-order valence-corrected chi connectivity index (χ0v) is 9.01. The van der Waals surface area contributed by atoms with Crippen molar-refractivity contribution in [1.29, 1.82) is 5.26 Å². The van der Waals surface area contributed by atoms with Gasteiger partial charge in [-0.2, -0.15) is 5.26 Å². The summed E-state index contributed by atoms with van der Waals surface area (Å²) in [5.74, 6) is 0.686. The van der Waals surface area contributed by atoms with Gasteiger partial charge in [-0.05, 0) is 24.3 Å². The molecule has 1 aromatic heterocycles. The molecule has 2 aromatic carbocycles. The van der Waals surface area contributed by atoms with Crippen LogP contribution in [0.25, 0.3) is 21.9 Å². The molecule has 1 heterocycles. The van der Waals surface area contributed by atoms with Crippen molar-refractivity contribution in [2.75, 3.05) is 6.61 Å². The van der Waals surface area contributed by atoms with Crippen LogP contribution in [0.15, 0.2) is 46.9 Å². The van der Waals surface area contributed by atoms with Gasteiger partial charge in [0.15, 0.2) is 6.61 Å². The average Bonchev–Trinajstić information content (AvgIpc) is 2.74. The number of nitriles is 1. The Bertz CT molecular complexity index is 722. The van der Waals surface area contributed by atoms with Crippen LogP contribution in [-0.4, -0.2) is 6.61 Å². The predicted molar refractivity (Wildman–Crippen MR) is 64.8 cm³/mol. The van der Waals surface area contributed by atoms with Crippen molar-refractivity contribution >= 4 is 21.9 Å². The lowest BCUT2D eigenvalue weighted by Gasteiger charge is -2.00. The molecule has 82 valence electrons. The molecule has 0 unspecified atom stereocenters. The number of para-hydroxylation sites is 1. The molecule has 17 heavy (non-hydrogen) atoms. The van der Waals surface area contributed by atoms with Crippen LogP contribution in [0.4, 0.5) is 0 Å². The molecule has 0 aliphatic carbocycles. The van der Waals surface area contributed by atoms with Crippen molar-refractivity contribution in [3.05, 3.63) is 42.5 Å². The Morgan fingerprint density at radius 1 is 1.06 bits per heavy atom. The lowest BCUT2D eigenvalue weighted by atomic mass is 10.1. The van der Waals surface area contributed by atoms with Gasteiger partial charge in [-0.15, -0.1) is 0 Å². The van der Waals surface area contributed by atoms with E-state index in [9.17, 15) is 0 Å². The number of ether oxygens (including phenoxy) is 1. The highest BCUT2D eigenvalue weighted by Gasteiger charge is 2.06. The Morgan fingerprint density at radius 3 is 2.76 bits per heavy atom. The first-order valence-corrected chi connectivity index (χ1v) is 5.29. The summed E-state index contributed by atoms with van der Waals surface area (Å²) in [5.41, 5.74) is 1.69. The van der Waals surface area contributed by atoms with Crippen molar-refractivity contribution in [3.63, 3.8) is 0 Å². The molecule has 3 rings (SSSR count). The van der Waals surface area contributed by atoms with Gasteiger partial charge in [0.25, 0.3) is 0 Å². The van der Waals surface area contributed by atoms with Crippen LogP contribution in [0.1, 0.15) is 0 Å². The van der Waals surface area contributed by atoms with E-state index in [4.69, 9.17) is 14.4 Å². The normalized spacial score (nSPS) is 10.5. The maximum Gasteiger partial charge on any atom is 0.174 e. The highest BCUT2D eigenvalue weighted by molar-refractivity contribution is 6.05.